The van der Waals surface area contributed by atoms with Crippen molar-refractivity contribution in [2.45, 2.75) is 38.1 Å². The van der Waals surface area contributed by atoms with Crippen molar-refractivity contribution in [2.24, 2.45) is 5.73 Å². The lowest BCUT2D eigenvalue weighted by Crippen LogP contribution is -2.47. The number of nitrogens with zero attached hydrogens (tertiary/aromatic N) is 5. The van der Waals surface area contributed by atoms with Gasteiger partial charge in [-0.15, -0.1) is 0 Å². The third kappa shape index (κ3) is 4.62. The van der Waals surface area contributed by atoms with Crippen molar-refractivity contribution in [3.05, 3.63) is 84.9 Å². The molecule has 35 heavy (non-hydrogen) atoms. The Labute approximate surface area is 204 Å². The molecule has 3 atom stereocenters. The number of benzene rings is 2. The zero-order valence-electron chi connectivity index (χ0n) is 20.0. The molecule has 0 radical (unpaired) electrons. The number of hydrogen-bond donors (Lipinski definition) is 1. The molecular weight excluding hydrogens is 440 g/mol. The number of likely N-dealkylation sites (N-methyl/N-ethyl adjacent to an activating group) is 2. The van der Waals surface area contributed by atoms with Crippen LogP contribution in [0, 0.1) is 0 Å². The van der Waals surface area contributed by atoms with Crippen molar-refractivity contribution < 1.29 is 9.53 Å². The average molecular weight is 471 g/mol. The summed E-state index contributed by atoms with van der Waals surface area (Å²) in [5, 5.41) is 0.917. The summed E-state index contributed by atoms with van der Waals surface area (Å²) in [6.45, 7) is 3.11. The Hall–Kier alpha value is -3.75. The number of fused-ring (bicyclic) bond motifs is 1. The largest absolute Gasteiger partial charge is 0.457 e. The molecule has 3 unspecified atom stereocenters. The fourth-order valence-electron chi connectivity index (χ4n) is 5.01. The highest BCUT2D eigenvalue weighted by Crippen LogP contribution is 2.37. The monoisotopic (exact) mass is 470 g/mol. The van der Waals surface area contributed by atoms with Crippen LogP contribution in [0.3, 0.4) is 0 Å². The highest BCUT2D eigenvalue weighted by atomic mass is 16.5. The standard InChI is InChI=1S/C27H30N6O2/c1-3-33-24(31(2)25(34)17-32-14-13-20-16-29-18-30-27(20)32)15-23(28)26(33)19-9-11-22(12-10-19)35-21-7-5-4-6-8-21/h4-14,16,18,23-24,26H,3,15,17,28H2,1-2H3. The van der Waals surface area contributed by atoms with Gasteiger partial charge in [0.1, 0.15) is 30.0 Å². The van der Waals surface area contributed by atoms with E-state index in [9.17, 15) is 4.79 Å². The fraction of sp³-hybridized carbons (Fsp3) is 0.296. The summed E-state index contributed by atoms with van der Waals surface area (Å²) in [6.07, 6.45) is 5.76. The predicted octanol–water partition coefficient (Wildman–Crippen LogP) is 3.80. The molecule has 5 rings (SSSR count). The van der Waals surface area contributed by atoms with Crippen molar-refractivity contribution in [1.82, 2.24) is 24.3 Å². The van der Waals surface area contributed by atoms with Crippen LogP contribution < -0.4 is 10.5 Å². The number of carbonyl (C=O) groups excluding carboxylic acids is 1. The van der Waals surface area contributed by atoms with E-state index in [1.807, 2.05) is 71.2 Å². The highest BCUT2D eigenvalue weighted by Gasteiger charge is 2.42. The van der Waals surface area contributed by atoms with Gasteiger partial charge >= 0.3 is 0 Å². The van der Waals surface area contributed by atoms with Crippen LogP contribution in [0.15, 0.2) is 79.4 Å². The SMILES string of the molecule is CCN1C(c2ccc(Oc3ccccc3)cc2)C(N)CC1N(C)C(=O)Cn1ccc2cncnc21. The summed E-state index contributed by atoms with van der Waals surface area (Å²) >= 11 is 0. The quantitative estimate of drug-likeness (QED) is 0.442. The Morgan fingerprint density at radius 2 is 1.86 bits per heavy atom. The molecule has 2 aromatic heterocycles. The number of amides is 1. The number of likely N-dealkylation sites (tertiary alicyclic amines) is 1. The topological polar surface area (TPSA) is 89.5 Å². The summed E-state index contributed by atoms with van der Waals surface area (Å²) in [5.74, 6) is 1.60. The second kappa shape index (κ2) is 9.85. The van der Waals surface area contributed by atoms with Gasteiger partial charge in [0.2, 0.25) is 5.91 Å². The lowest BCUT2D eigenvalue weighted by molar-refractivity contribution is -0.135. The minimum absolute atomic E-state index is 0.0176. The van der Waals surface area contributed by atoms with E-state index in [0.717, 1.165) is 34.6 Å². The lowest BCUT2D eigenvalue weighted by atomic mass is 10.0. The van der Waals surface area contributed by atoms with Crippen LogP contribution >= 0.6 is 0 Å². The van der Waals surface area contributed by atoms with Crippen LogP contribution in [-0.2, 0) is 11.3 Å². The van der Waals surface area contributed by atoms with Crippen LogP contribution in [0.25, 0.3) is 11.0 Å². The van der Waals surface area contributed by atoms with Crippen LogP contribution in [0.2, 0.25) is 0 Å². The molecule has 0 aliphatic carbocycles. The molecule has 1 saturated heterocycles. The third-order valence-electron chi connectivity index (χ3n) is 6.76. The van der Waals surface area contributed by atoms with E-state index in [1.165, 1.54) is 6.33 Å². The summed E-state index contributed by atoms with van der Waals surface area (Å²) in [5.41, 5.74) is 8.52. The maximum atomic E-state index is 13.2. The maximum absolute atomic E-state index is 13.2. The molecule has 2 aromatic carbocycles. The molecule has 0 saturated carbocycles. The van der Waals surface area contributed by atoms with E-state index in [0.29, 0.717) is 6.42 Å². The van der Waals surface area contributed by atoms with Crippen molar-refractivity contribution in [3.8, 4) is 11.5 Å². The molecule has 8 heteroatoms. The first kappa shape index (κ1) is 23.0. The number of para-hydroxylation sites is 1. The Morgan fingerprint density at radius 1 is 1.11 bits per heavy atom. The fourth-order valence-corrected chi connectivity index (χ4v) is 5.01. The number of rotatable bonds is 7. The maximum Gasteiger partial charge on any atom is 0.243 e. The number of ether oxygens (including phenoxy) is 1. The molecule has 0 bridgehead atoms. The van der Waals surface area contributed by atoms with Gasteiger partial charge < -0.3 is 19.9 Å². The van der Waals surface area contributed by atoms with Crippen LogP contribution in [0.4, 0.5) is 0 Å². The minimum Gasteiger partial charge on any atom is -0.457 e. The van der Waals surface area contributed by atoms with Gasteiger partial charge in [-0.1, -0.05) is 37.3 Å². The number of hydrogen-bond acceptors (Lipinski definition) is 6. The molecule has 8 nitrogen and oxygen atoms in total. The predicted molar refractivity (Wildman–Crippen MR) is 135 cm³/mol. The van der Waals surface area contributed by atoms with Crippen LogP contribution in [-0.4, -0.2) is 56.0 Å². The smallest absolute Gasteiger partial charge is 0.243 e. The third-order valence-corrected chi connectivity index (χ3v) is 6.76. The molecule has 1 aliphatic rings. The molecule has 0 spiro atoms. The highest BCUT2D eigenvalue weighted by molar-refractivity contribution is 5.80. The van der Waals surface area contributed by atoms with Crippen LogP contribution in [0.5, 0.6) is 11.5 Å². The second-order valence-corrected chi connectivity index (χ2v) is 8.89. The lowest BCUT2D eigenvalue weighted by Gasteiger charge is -2.35. The van der Waals surface area contributed by atoms with E-state index >= 15 is 0 Å². The molecule has 1 amide bonds. The minimum atomic E-state index is -0.0868. The Morgan fingerprint density at radius 3 is 2.60 bits per heavy atom. The van der Waals surface area contributed by atoms with E-state index in [1.54, 1.807) is 6.20 Å². The van der Waals surface area contributed by atoms with Gasteiger partial charge in [-0.2, -0.15) is 0 Å². The van der Waals surface area contributed by atoms with E-state index in [4.69, 9.17) is 10.5 Å². The molecule has 1 fully saturated rings. The second-order valence-electron chi connectivity index (χ2n) is 8.89. The van der Waals surface area contributed by atoms with E-state index in [-0.39, 0.29) is 30.7 Å². The number of nitrogens with two attached hydrogens (primary N) is 1. The zero-order chi connectivity index (χ0) is 24.4. The van der Waals surface area contributed by atoms with Gasteiger partial charge in [0, 0.05) is 30.9 Å². The molecule has 3 heterocycles. The zero-order valence-corrected chi connectivity index (χ0v) is 20.0. The first-order valence-corrected chi connectivity index (χ1v) is 11.9. The number of carbonyl (C=O) groups is 1. The van der Waals surface area contributed by atoms with Gasteiger partial charge in [0.25, 0.3) is 0 Å². The first-order chi connectivity index (χ1) is 17.0. The van der Waals surface area contributed by atoms with Crippen molar-refractivity contribution >= 4 is 16.9 Å². The van der Waals surface area contributed by atoms with E-state index in [2.05, 4.69) is 33.9 Å². The van der Waals surface area contributed by atoms with Crippen molar-refractivity contribution in [2.75, 3.05) is 13.6 Å². The van der Waals surface area contributed by atoms with Gasteiger partial charge in [-0.05, 0) is 48.9 Å². The van der Waals surface area contributed by atoms with Crippen molar-refractivity contribution in [3.63, 3.8) is 0 Å². The normalized spacial score (nSPS) is 20.3. The molecular formula is C27H30N6O2. The summed E-state index contributed by atoms with van der Waals surface area (Å²) in [4.78, 5) is 25.7. The number of aromatic nitrogens is 3. The summed E-state index contributed by atoms with van der Waals surface area (Å²) < 4.78 is 7.80. The average Bonchev–Trinajstić information content (AvgIpc) is 3.45. The van der Waals surface area contributed by atoms with E-state index < -0.39 is 0 Å². The van der Waals surface area contributed by atoms with Crippen LogP contribution in [0.1, 0.15) is 24.9 Å². The molecule has 1 aliphatic heterocycles. The molecule has 4 aromatic rings. The van der Waals surface area contributed by atoms with Gasteiger partial charge in [0.15, 0.2) is 0 Å². The first-order valence-electron chi connectivity index (χ1n) is 11.9. The van der Waals surface area contributed by atoms with Gasteiger partial charge in [0.05, 0.1) is 12.2 Å². The van der Waals surface area contributed by atoms with Crippen molar-refractivity contribution in [1.29, 1.82) is 0 Å². The Balaban J connectivity index is 1.30. The Bertz CT molecular complexity index is 1290. The summed E-state index contributed by atoms with van der Waals surface area (Å²) in [6, 6.07) is 19.7. The Kier molecular flexibility index (Phi) is 6.48. The van der Waals surface area contributed by atoms with Gasteiger partial charge in [-0.25, -0.2) is 9.97 Å². The van der Waals surface area contributed by atoms with Gasteiger partial charge in [-0.3, -0.25) is 9.69 Å². The molecule has 2 N–H and O–H groups in total. The molecule has 180 valence electrons. The summed E-state index contributed by atoms with van der Waals surface area (Å²) in [7, 11) is 1.86.